The smallest absolute Gasteiger partial charge is 0.411 e. The minimum absolute atomic E-state index is 0.274. The normalized spacial score (nSPS) is 14.5. The van der Waals surface area contributed by atoms with Crippen LogP contribution in [0.15, 0.2) is 18.2 Å². The third-order valence-corrected chi connectivity index (χ3v) is 4.20. The number of ether oxygens (including phenoxy) is 2. The number of rotatable bonds is 7. The fraction of sp³-hybridized carbons (Fsp3) is 0.529. The van der Waals surface area contributed by atoms with Crippen LogP contribution in [0.3, 0.4) is 0 Å². The molecule has 184 valence electrons. The quantitative estimate of drug-likeness (QED) is 0.272. The van der Waals surface area contributed by atoms with Gasteiger partial charge < -0.3 is 24.6 Å². The minimum atomic E-state index is -5.13. The maximum absolute atomic E-state index is 12.6. The Labute approximate surface area is 182 Å². The number of carbonyl (C=O) groups is 2. The van der Waals surface area contributed by atoms with Crippen LogP contribution >= 0.6 is 0 Å². The molecule has 0 bridgehead atoms. The van der Waals surface area contributed by atoms with Gasteiger partial charge in [-0.1, -0.05) is 0 Å². The van der Waals surface area contributed by atoms with Crippen LogP contribution in [-0.2, 0) is 9.47 Å². The number of nitrogens with zero attached hydrogens (tertiary/aromatic N) is 3. The first-order valence-electron chi connectivity index (χ1n) is 9.21. The van der Waals surface area contributed by atoms with Crippen molar-refractivity contribution in [3.8, 4) is 0 Å². The molecule has 0 aliphatic carbocycles. The lowest BCUT2D eigenvalue weighted by Crippen LogP contribution is -2.44. The van der Waals surface area contributed by atoms with E-state index < -0.39 is 65.2 Å². The lowest BCUT2D eigenvalue weighted by molar-refractivity contribution is -0.384. The molecule has 0 aromatic heterocycles. The summed E-state index contributed by atoms with van der Waals surface area (Å²) in [7, 11) is 0. The van der Waals surface area contributed by atoms with E-state index in [-0.39, 0.29) is 18.8 Å². The van der Waals surface area contributed by atoms with Gasteiger partial charge in [-0.15, -0.1) is 0 Å². The number of benzene rings is 1. The van der Waals surface area contributed by atoms with Gasteiger partial charge in [-0.05, 0) is 12.1 Å². The van der Waals surface area contributed by atoms with Crippen molar-refractivity contribution in [2.24, 2.45) is 0 Å². The SMILES string of the molecule is O=C(OCNc1ccc(C(=O)N(CC(F)(F)F)CC(F)(F)F)cc1[N+](=O)[O-])N1CCOCC1. The summed E-state index contributed by atoms with van der Waals surface area (Å²) in [6.45, 7) is -3.75. The number of amides is 2. The van der Waals surface area contributed by atoms with Crippen molar-refractivity contribution in [1.29, 1.82) is 0 Å². The number of halogens is 6. The highest BCUT2D eigenvalue weighted by molar-refractivity contribution is 5.95. The zero-order valence-corrected chi connectivity index (χ0v) is 16.7. The standard InChI is InChI=1S/C17H18F6N4O6/c18-16(19,20)8-26(9-17(21,22)23)14(28)11-1-2-12(13(7-11)27(30)31)24-10-33-15(29)25-3-5-32-6-4-25/h1-2,7,24H,3-6,8-10H2. The molecular weight excluding hydrogens is 470 g/mol. The van der Waals surface area contributed by atoms with Gasteiger partial charge in [0.05, 0.1) is 18.1 Å². The molecule has 2 rings (SSSR count). The van der Waals surface area contributed by atoms with Crippen LogP contribution < -0.4 is 5.32 Å². The largest absolute Gasteiger partial charge is 0.428 e. The number of hydrogen-bond acceptors (Lipinski definition) is 7. The molecule has 0 unspecified atom stereocenters. The van der Waals surface area contributed by atoms with Gasteiger partial charge in [-0.25, -0.2) is 4.79 Å². The summed E-state index contributed by atoms with van der Waals surface area (Å²) in [5.41, 5.74) is -1.85. The summed E-state index contributed by atoms with van der Waals surface area (Å²) in [5, 5.41) is 13.7. The Morgan fingerprint density at radius 1 is 1.12 bits per heavy atom. The number of nitro groups is 1. The molecule has 0 spiro atoms. The van der Waals surface area contributed by atoms with Crippen molar-refractivity contribution >= 4 is 23.4 Å². The van der Waals surface area contributed by atoms with Crippen molar-refractivity contribution in [3.05, 3.63) is 33.9 Å². The first-order chi connectivity index (χ1) is 15.3. The van der Waals surface area contributed by atoms with E-state index in [0.717, 1.165) is 12.1 Å². The van der Waals surface area contributed by atoms with Crippen LogP contribution in [0.4, 0.5) is 42.5 Å². The van der Waals surface area contributed by atoms with Crippen LogP contribution in [0.2, 0.25) is 0 Å². The first-order valence-corrected chi connectivity index (χ1v) is 9.21. The molecular formula is C17H18F6N4O6. The molecule has 1 heterocycles. The van der Waals surface area contributed by atoms with E-state index in [1.807, 2.05) is 0 Å². The summed E-state index contributed by atoms with van der Waals surface area (Å²) in [5.74, 6) is -1.70. The van der Waals surface area contributed by atoms with Gasteiger partial charge in [0, 0.05) is 24.7 Å². The van der Waals surface area contributed by atoms with Crippen LogP contribution in [-0.4, -0.2) is 85.2 Å². The maximum Gasteiger partial charge on any atom is 0.411 e. The minimum Gasteiger partial charge on any atom is -0.428 e. The van der Waals surface area contributed by atoms with E-state index in [1.54, 1.807) is 0 Å². The second-order valence-electron chi connectivity index (χ2n) is 6.71. The lowest BCUT2D eigenvalue weighted by atomic mass is 10.1. The van der Waals surface area contributed by atoms with Crippen LogP contribution in [0.5, 0.6) is 0 Å². The zero-order chi connectivity index (χ0) is 24.8. The molecule has 1 aliphatic rings. The van der Waals surface area contributed by atoms with Crippen LogP contribution in [0.25, 0.3) is 0 Å². The van der Waals surface area contributed by atoms with E-state index in [9.17, 15) is 46.0 Å². The first kappa shape index (κ1) is 26.0. The molecule has 16 heteroatoms. The van der Waals surface area contributed by atoms with Gasteiger partial charge in [0.2, 0.25) is 0 Å². The highest BCUT2D eigenvalue weighted by Crippen LogP contribution is 2.28. The van der Waals surface area contributed by atoms with E-state index in [1.165, 1.54) is 4.90 Å². The molecule has 0 atom stereocenters. The predicted molar refractivity (Wildman–Crippen MR) is 98.5 cm³/mol. The van der Waals surface area contributed by atoms with Gasteiger partial charge in [0.15, 0.2) is 6.73 Å². The second-order valence-corrected chi connectivity index (χ2v) is 6.71. The Balaban J connectivity index is 2.14. The van der Waals surface area contributed by atoms with Gasteiger partial charge in [0.1, 0.15) is 18.8 Å². The van der Waals surface area contributed by atoms with Crippen LogP contribution in [0, 0.1) is 10.1 Å². The Kier molecular flexibility index (Phi) is 8.29. The number of carbonyl (C=O) groups excluding carboxylic acids is 2. The number of anilines is 1. The van der Waals surface area contributed by atoms with E-state index in [4.69, 9.17) is 9.47 Å². The Bertz CT molecular complexity index is 857. The van der Waals surface area contributed by atoms with Gasteiger partial charge >= 0.3 is 18.4 Å². The maximum atomic E-state index is 12.6. The predicted octanol–water partition coefficient (Wildman–Crippen LogP) is 3.00. The molecule has 1 fully saturated rings. The third kappa shape index (κ3) is 8.28. The lowest BCUT2D eigenvalue weighted by Gasteiger charge is -2.26. The number of nitro benzene ring substituents is 1. The van der Waals surface area contributed by atoms with Gasteiger partial charge in [-0.3, -0.25) is 14.9 Å². The number of alkyl halides is 6. The molecule has 1 aliphatic heterocycles. The fourth-order valence-electron chi connectivity index (χ4n) is 2.79. The summed E-state index contributed by atoms with van der Waals surface area (Å²) in [6, 6.07) is 2.27. The summed E-state index contributed by atoms with van der Waals surface area (Å²) >= 11 is 0. The van der Waals surface area contributed by atoms with Crippen molar-refractivity contribution in [2.75, 3.05) is 51.4 Å². The van der Waals surface area contributed by atoms with Crippen molar-refractivity contribution in [3.63, 3.8) is 0 Å². The highest BCUT2D eigenvalue weighted by atomic mass is 19.4. The average molecular weight is 488 g/mol. The Morgan fingerprint density at radius 3 is 2.21 bits per heavy atom. The molecule has 0 saturated carbocycles. The molecule has 1 saturated heterocycles. The van der Waals surface area contributed by atoms with Crippen molar-refractivity contribution < 1.29 is 50.3 Å². The molecule has 1 aromatic rings. The molecule has 0 radical (unpaired) electrons. The number of nitrogens with one attached hydrogen (secondary N) is 1. The fourth-order valence-corrected chi connectivity index (χ4v) is 2.79. The zero-order valence-electron chi connectivity index (χ0n) is 16.7. The van der Waals surface area contributed by atoms with E-state index >= 15 is 0 Å². The molecule has 2 amide bonds. The summed E-state index contributed by atoms with van der Waals surface area (Å²) in [6.07, 6.45) is -11.0. The molecule has 1 aromatic carbocycles. The number of morpholine rings is 1. The van der Waals surface area contributed by atoms with E-state index in [0.29, 0.717) is 19.3 Å². The topological polar surface area (TPSA) is 114 Å². The van der Waals surface area contributed by atoms with Crippen molar-refractivity contribution in [1.82, 2.24) is 9.80 Å². The second kappa shape index (κ2) is 10.5. The molecule has 1 N–H and O–H groups in total. The van der Waals surface area contributed by atoms with Gasteiger partial charge in [-0.2, -0.15) is 26.3 Å². The molecule has 33 heavy (non-hydrogen) atoms. The summed E-state index contributed by atoms with van der Waals surface area (Å²) in [4.78, 5) is 35.3. The molecule has 10 nitrogen and oxygen atoms in total. The van der Waals surface area contributed by atoms with Crippen LogP contribution in [0.1, 0.15) is 10.4 Å². The highest BCUT2D eigenvalue weighted by Gasteiger charge is 2.40. The Morgan fingerprint density at radius 2 is 1.70 bits per heavy atom. The third-order valence-electron chi connectivity index (χ3n) is 4.20. The Hall–Kier alpha value is -3.30. The van der Waals surface area contributed by atoms with E-state index in [2.05, 4.69) is 5.32 Å². The average Bonchev–Trinajstić information content (AvgIpc) is 2.71. The van der Waals surface area contributed by atoms with Gasteiger partial charge in [0.25, 0.3) is 11.6 Å². The number of hydrogen-bond donors (Lipinski definition) is 1. The summed E-state index contributed by atoms with van der Waals surface area (Å²) < 4.78 is 85.8. The van der Waals surface area contributed by atoms with Crippen molar-refractivity contribution in [2.45, 2.75) is 12.4 Å². The monoisotopic (exact) mass is 488 g/mol.